The van der Waals surface area contributed by atoms with Crippen molar-refractivity contribution >= 4 is 52.7 Å². The van der Waals surface area contributed by atoms with Gasteiger partial charge in [-0.1, -0.05) is 75.5 Å². The van der Waals surface area contributed by atoms with Gasteiger partial charge in [0.1, 0.15) is 17.5 Å². The number of thioether (sulfide) groups is 1. The first-order chi connectivity index (χ1) is 27.7. The molecule has 316 valence electrons. The SMILES string of the molecule is CC(=O)N[C@@H](CSC1=C2NC(=O)\C=C/C=C/C=C\[C@H](C)[C@@H](O)CC(=O)/C(C)=C/C[C@H](O)/C=C/[C@H](C)[C@H](O)[C@@H](C)/C=C(\C)C(=O)c3c(O)c(C)cc(c3C1=O)C2=O)C(=O)O. The van der Waals surface area contributed by atoms with Gasteiger partial charge in [0.05, 0.1) is 28.8 Å². The minimum absolute atomic E-state index is 0.00628. The van der Waals surface area contributed by atoms with Crippen molar-refractivity contribution < 1.29 is 59.1 Å². The number of carboxylic acids is 1. The van der Waals surface area contributed by atoms with Crippen LogP contribution in [0.4, 0.5) is 0 Å². The summed E-state index contributed by atoms with van der Waals surface area (Å²) in [6, 6.07) is -0.315. The molecule has 0 fully saturated rings. The summed E-state index contributed by atoms with van der Waals surface area (Å²) in [6.45, 7) is 10.6. The third-order valence-electron chi connectivity index (χ3n) is 9.86. The number of fused-ring (bicyclic) bond motifs is 18. The Kier molecular flexibility index (Phi) is 17.5. The topological polar surface area (TPSA) is 245 Å². The maximum Gasteiger partial charge on any atom is 0.327 e. The third-order valence-corrected chi connectivity index (χ3v) is 11.0. The van der Waals surface area contributed by atoms with E-state index in [1.807, 2.05) is 0 Å². The van der Waals surface area contributed by atoms with Crippen molar-refractivity contribution in [2.45, 2.75) is 85.7 Å². The summed E-state index contributed by atoms with van der Waals surface area (Å²) in [5.41, 5.74) is -1.35. The Morgan fingerprint density at radius 1 is 0.847 bits per heavy atom. The lowest BCUT2D eigenvalue weighted by Crippen LogP contribution is -2.42. The van der Waals surface area contributed by atoms with E-state index in [0.29, 0.717) is 17.3 Å². The maximum absolute atomic E-state index is 14.4. The van der Waals surface area contributed by atoms with Gasteiger partial charge in [0, 0.05) is 54.1 Å². The number of ketones is 4. The van der Waals surface area contributed by atoms with Gasteiger partial charge in [0.2, 0.25) is 23.4 Å². The normalized spacial score (nSPS) is 28.7. The van der Waals surface area contributed by atoms with Crippen LogP contribution in [0.15, 0.2) is 88.6 Å². The second-order valence-corrected chi connectivity index (χ2v) is 15.8. The Hall–Kier alpha value is -5.48. The predicted molar refractivity (Wildman–Crippen MR) is 223 cm³/mol. The number of amides is 2. The van der Waals surface area contributed by atoms with Crippen LogP contribution in [0.2, 0.25) is 0 Å². The summed E-state index contributed by atoms with van der Waals surface area (Å²) in [5, 5.41) is 58.0. The van der Waals surface area contributed by atoms with E-state index >= 15 is 0 Å². The molecule has 1 aromatic carbocycles. The first-order valence-electron chi connectivity index (χ1n) is 19.0. The fourth-order valence-corrected chi connectivity index (χ4v) is 7.32. The molecule has 1 aliphatic carbocycles. The zero-order chi connectivity index (χ0) is 44.3. The quantitative estimate of drug-likeness (QED) is 0.204. The summed E-state index contributed by atoms with van der Waals surface area (Å²) in [7, 11) is 0. The molecule has 15 heteroatoms. The standard InChI is InChI=1S/C44H52N2O12S/c1-22-12-10-8-9-11-13-34(51)46-37-41(55)30-19-27(6)40(54)36(35(30)42(56)43(37)59-21-31(44(57)58)45-28(7)47)39(53)26(5)18-25(4)38(52)24(3)15-17-29(48)16-14-23(2)33(50)20-32(22)49/h8-15,17-19,22,24-25,29,31-32,38,48-49,52,54H,16,20-21H2,1-7H3,(H,45,47)(H,46,51)(H,57,58)/b9-8+,12-10-,13-11-,17-15+,23-14+,26-18+/t22-,24-,25-,29-,31-,32-,38-/m0/s1. The third kappa shape index (κ3) is 12.8. The first kappa shape index (κ1) is 47.9. The molecule has 7 atom stereocenters. The van der Waals surface area contributed by atoms with Crippen molar-refractivity contribution in [3.05, 3.63) is 111 Å². The molecule has 0 spiro atoms. The molecular weight excluding hydrogens is 781 g/mol. The fourth-order valence-electron chi connectivity index (χ4n) is 6.24. The lowest BCUT2D eigenvalue weighted by molar-refractivity contribution is -0.140. The molecule has 1 aromatic rings. The van der Waals surface area contributed by atoms with Crippen LogP contribution >= 0.6 is 11.8 Å². The molecule has 0 saturated carbocycles. The number of rotatable bonds is 5. The number of carboxylic acid groups (broad SMARTS) is 1. The van der Waals surface area contributed by atoms with E-state index in [4.69, 9.17) is 0 Å². The highest BCUT2D eigenvalue weighted by atomic mass is 32.2. The van der Waals surface area contributed by atoms with Crippen molar-refractivity contribution in [2.24, 2.45) is 17.8 Å². The molecule has 0 saturated heterocycles. The van der Waals surface area contributed by atoms with Crippen LogP contribution in [-0.4, -0.2) is 96.6 Å². The van der Waals surface area contributed by atoms with Crippen LogP contribution in [0.1, 0.15) is 91.0 Å². The smallest absolute Gasteiger partial charge is 0.327 e. The summed E-state index contributed by atoms with van der Waals surface area (Å²) in [5.74, 6) is -8.71. The molecule has 7 N–H and O–H groups in total. The number of aliphatic hydroxyl groups is 3. The van der Waals surface area contributed by atoms with Crippen LogP contribution in [0.5, 0.6) is 5.75 Å². The zero-order valence-electron chi connectivity index (χ0n) is 34.0. The number of carbonyl (C=O) groups excluding carboxylic acids is 6. The number of carbonyl (C=O) groups is 7. The number of aliphatic hydroxyl groups excluding tert-OH is 3. The summed E-state index contributed by atoms with van der Waals surface area (Å²) >= 11 is 0.556. The number of benzene rings is 1. The van der Waals surface area contributed by atoms with Gasteiger partial charge < -0.3 is 36.2 Å². The van der Waals surface area contributed by atoms with E-state index in [9.17, 15) is 59.1 Å². The summed E-state index contributed by atoms with van der Waals surface area (Å²) < 4.78 is 0. The number of phenols is 1. The number of phenolic OH excluding ortho intramolecular Hbond substituents is 1. The van der Waals surface area contributed by atoms with Gasteiger partial charge in [0.25, 0.3) is 0 Å². The van der Waals surface area contributed by atoms with E-state index < -0.39 is 110 Å². The number of nitrogens with one attached hydrogen (secondary N) is 2. The maximum atomic E-state index is 14.4. The summed E-state index contributed by atoms with van der Waals surface area (Å²) in [6.07, 6.45) is 11.6. The Labute approximate surface area is 347 Å². The van der Waals surface area contributed by atoms with Crippen LogP contribution in [0.3, 0.4) is 0 Å². The van der Waals surface area contributed by atoms with E-state index in [1.54, 1.807) is 58.1 Å². The zero-order valence-corrected chi connectivity index (χ0v) is 34.8. The number of allylic oxidation sites excluding steroid dienone is 8. The fraction of sp³-hybridized carbons (Fsp3) is 0.386. The van der Waals surface area contributed by atoms with Crippen LogP contribution in [-0.2, 0) is 19.2 Å². The van der Waals surface area contributed by atoms with Crippen molar-refractivity contribution in [3.8, 4) is 5.75 Å². The molecule has 0 aromatic heterocycles. The highest BCUT2D eigenvalue weighted by Gasteiger charge is 2.39. The Morgan fingerprint density at radius 3 is 2.15 bits per heavy atom. The van der Waals surface area contributed by atoms with Gasteiger partial charge in [0.15, 0.2) is 11.6 Å². The molecule has 4 rings (SSSR count). The molecule has 3 aliphatic rings. The Morgan fingerprint density at radius 2 is 1.51 bits per heavy atom. The van der Waals surface area contributed by atoms with Crippen LogP contribution < -0.4 is 10.6 Å². The van der Waals surface area contributed by atoms with Gasteiger partial charge in [-0.25, -0.2) is 4.79 Å². The Balaban J connectivity index is 2.19. The van der Waals surface area contributed by atoms with E-state index in [1.165, 1.54) is 44.2 Å². The van der Waals surface area contributed by atoms with Crippen LogP contribution in [0.25, 0.3) is 0 Å². The van der Waals surface area contributed by atoms with E-state index in [-0.39, 0.29) is 35.3 Å². The van der Waals surface area contributed by atoms with Crippen molar-refractivity contribution in [1.29, 1.82) is 0 Å². The number of hydrogen-bond acceptors (Lipinski definition) is 12. The molecule has 59 heavy (non-hydrogen) atoms. The second kappa shape index (κ2) is 21.5. The van der Waals surface area contributed by atoms with Crippen molar-refractivity contribution in [2.75, 3.05) is 5.75 Å². The van der Waals surface area contributed by atoms with Crippen molar-refractivity contribution in [1.82, 2.24) is 10.6 Å². The molecule has 0 radical (unpaired) electrons. The molecule has 2 aliphatic heterocycles. The molecule has 14 nitrogen and oxygen atoms in total. The van der Waals surface area contributed by atoms with E-state index in [0.717, 1.165) is 13.0 Å². The average Bonchev–Trinajstić information content (AvgIpc) is 3.17. The molecule has 4 bridgehead atoms. The lowest BCUT2D eigenvalue weighted by atomic mass is 9.83. The summed E-state index contributed by atoms with van der Waals surface area (Å²) in [4.78, 5) is 92.0. The number of aryl methyl sites for hydroxylation is 1. The number of hydrogen-bond donors (Lipinski definition) is 7. The number of aliphatic carboxylic acids is 1. The largest absolute Gasteiger partial charge is 0.507 e. The first-order valence-corrected chi connectivity index (χ1v) is 20.0. The van der Waals surface area contributed by atoms with Gasteiger partial charge in [-0.2, -0.15) is 0 Å². The number of aromatic hydroxyl groups is 1. The predicted octanol–water partition coefficient (Wildman–Crippen LogP) is 4.38. The number of Topliss-reactive ketones (excluding diaryl/α,β-unsaturated/α-hetero) is 4. The van der Waals surface area contributed by atoms with Gasteiger partial charge in [-0.3, -0.25) is 28.8 Å². The lowest BCUT2D eigenvalue weighted by Gasteiger charge is -2.25. The monoisotopic (exact) mass is 832 g/mol. The Bertz CT molecular complexity index is 2090. The molecule has 0 unspecified atom stereocenters. The molecule has 2 amide bonds. The minimum atomic E-state index is -1.52. The van der Waals surface area contributed by atoms with Gasteiger partial charge >= 0.3 is 5.97 Å². The van der Waals surface area contributed by atoms with Gasteiger partial charge in [-0.05, 0) is 50.0 Å². The highest BCUT2D eigenvalue weighted by Crippen LogP contribution is 2.40. The van der Waals surface area contributed by atoms with E-state index in [2.05, 4.69) is 10.6 Å². The van der Waals surface area contributed by atoms with Gasteiger partial charge in [-0.15, -0.1) is 11.8 Å². The molecular formula is C44H52N2O12S. The average molecular weight is 833 g/mol. The minimum Gasteiger partial charge on any atom is -0.507 e. The highest BCUT2D eigenvalue weighted by molar-refractivity contribution is 8.04. The second-order valence-electron chi connectivity index (χ2n) is 14.7. The van der Waals surface area contributed by atoms with Crippen LogP contribution in [0, 0.1) is 24.7 Å². The molecule has 2 heterocycles. The van der Waals surface area contributed by atoms with Crippen molar-refractivity contribution in [3.63, 3.8) is 0 Å².